The Morgan fingerprint density at radius 2 is 1.89 bits per heavy atom. The van der Waals surface area contributed by atoms with Gasteiger partial charge in [0.25, 0.3) is 0 Å². The van der Waals surface area contributed by atoms with Crippen LogP contribution in [0.25, 0.3) is 22.0 Å². The molecule has 4 N–H and O–H groups in total. The molecule has 0 bridgehead atoms. The van der Waals surface area contributed by atoms with Crippen molar-refractivity contribution in [3.05, 3.63) is 53.2 Å². The number of anilines is 1. The van der Waals surface area contributed by atoms with Gasteiger partial charge in [-0.15, -0.1) is 0 Å². The first kappa shape index (κ1) is 26.9. The van der Waals surface area contributed by atoms with Crippen LogP contribution in [0.1, 0.15) is 0 Å². The molecule has 1 aliphatic heterocycles. The first-order valence-electron chi connectivity index (χ1n) is 11.4. The second kappa shape index (κ2) is 11.5. The first-order chi connectivity index (χ1) is 17.8. The molecular weight excluding hydrogens is 521 g/mol. The van der Waals surface area contributed by atoms with Gasteiger partial charge in [0.1, 0.15) is 24.3 Å². The maximum absolute atomic E-state index is 12.0. The highest BCUT2D eigenvalue weighted by Crippen LogP contribution is 2.46. The number of carbonyl (C=O) groups excluding carboxylic acids is 1. The molecule has 37 heavy (non-hydrogen) atoms. The smallest absolute Gasteiger partial charge is 0.248 e. The number of hydrogen-bond acceptors (Lipinski definition) is 9. The van der Waals surface area contributed by atoms with E-state index in [2.05, 4.69) is 27.2 Å². The number of ether oxygens (including phenoxy) is 2. The molecule has 1 aliphatic rings. The number of nitrogens with zero attached hydrogens (tertiary/aromatic N) is 3. The van der Waals surface area contributed by atoms with Gasteiger partial charge in [-0.3, -0.25) is 10.1 Å². The van der Waals surface area contributed by atoms with Gasteiger partial charge in [-0.1, -0.05) is 35.8 Å². The number of methoxy groups -OCH3 is 2. The van der Waals surface area contributed by atoms with Crippen LogP contribution in [0.3, 0.4) is 0 Å². The van der Waals surface area contributed by atoms with Crippen molar-refractivity contribution in [1.82, 2.24) is 20.2 Å². The molecule has 12 heteroatoms. The van der Waals surface area contributed by atoms with Gasteiger partial charge in [0.05, 0.1) is 35.8 Å². The molecule has 3 aromatic rings. The summed E-state index contributed by atoms with van der Waals surface area (Å²) in [4.78, 5) is 22.6. The molecule has 0 radical (unpaired) electrons. The van der Waals surface area contributed by atoms with Gasteiger partial charge >= 0.3 is 0 Å². The summed E-state index contributed by atoms with van der Waals surface area (Å²) in [5.74, 6) is 0.817. The van der Waals surface area contributed by atoms with Gasteiger partial charge in [-0.25, -0.2) is 9.97 Å². The maximum Gasteiger partial charge on any atom is 0.248 e. The van der Waals surface area contributed by atoms with Crippen LogP contribution in [0, 0.1) is 0 Å². The van der Waals surface area contributed by atoms with E-state index in [1.807, 2.05) is 18.2 Å². The Morgan fingerprint density at radius 3 is 2.51 bits per heavy atom. The molecule has 1 amide bonds. The highest BCUT2D eigenvalue weighted by molar-refractivity contribution is 6.41. The number of carbonyl (C=O) groups is 1. The molecule has 1 unspecified atom stereocenters. The molecular formula is C25H27Cl2N5O5. The normalized spacial score (nSPS) is 18.1. The number of halogens is 2. The van der Waals surface area contributed by atoms with Gasteiger partial charge in [-0.05, 0) is 23.8 Å². The number of likely N-dealkylation sites (tertiary alicyclic amines) is 1. The molecule has 10 nitrogen and oxygen atoms in total. The Kier molecular flexibility index (Phi) is 8.35. The summed E-state index contributed by atoms with van der Waals surface area (Å²) in [6.45, 7) is 3.57. The molecule has 2 aromatic carbocycles. The third kappa shape index (κ3) is 5.58. The maximum atomic E-state index is 12.0. The Labute approximate surface area is 223 Å². The van der Waals surface area contributed by atoms with Gasteiger partial charge in [0.2, 0.25) is 11.9 Å². The van der Waals surface area contributed by atoms with Crippen LogP contribution in [0.2, 0.25) is 10.0 Å². The highest BCUT2D eigenvalue weighted by atomic mass is 35.5. The van der Waals surface area contributed by atoms with Crippen molar-refractivity contribution in [2.24, 2.45) is 0 Å². The standard InChI is InChI=1S/C25H27Cl2N5O5/c1-4-20(34)29-16-10-32(21(35)12-33)11-17(16)31-25-28-9-14-7-13(5-6-15(14)30-25)22-23(26)18(36-2)8-19(37-3)24(22)27/h4-9,16-17,20,29,33-34H,1,10-12H2,2-3H3,(H,28,30,31)/t16-,17+,20?/m0/s1. The number of aliphatic hydroxyl groups is 2. The molecule has 1 fully saturated rings. The van der Waals surface area contributed by atoms with Crippen molar-refractivity contribution < 1.29 is 24.5 Å². The minimum absolute atomic E-state index is 0.296. The third-order valence-electron chi connectivity index (χ3n) is 6.17. The van der Waals surface area contributed by atoms with Crippen LogP contribution < -0.4 is 20.1 Å². The highest BCUT2D eigenvalue weighted by Gasteiger charge is 2.36. The van der Waals surface area contributed by atoms with E-state index in [0.29, 0.717) is 51.7 Å². The minimum atomic E-state index is -0.955. The summed E-state index contributed by atoms with van der Waals surface area (Å²) in [7, 11) is 3.03. The van der Waals surface area contributed by atoms with E-state index in [1.165, 1.54) is 25.2 Å². The molecule has 0 aliphatic carbocycles. The van der Waals surface area contributed by atoms with Crippen LogP contribution in [0.4, 0.5) is 5.95 Å². The van der Waals surface area contributed by atoms with Crippen molar-refractivity contribution in [1.29, 1.82) is 0 Å². The molecule has 2 heterocycles. The SMILES string of the molecule is C=CC(O)N[C@H]1CN(C(=O)CO)C[C@H]1Nc1ncc2cc(-c3c(Cl)c(OC)cc(OC)c3Cl)ccc2n1. The number of nitrogens with one attached hydrogen (secondary N) is 2. The van der Waals surface area contributed by atoms with Crippen LogP contribution >= 0.6 is 23.2 Å². The van der Waals surface area contributed by atoms with E-state index >= 15 is 0 Å². The predicted octanol–water partition coefficient (Wildman–Crippen LogP) is 2.70. The zero-order valence-electron chi connectivity index (χ0n) is 20.2. The zero-order valence-corrected chi connectivity index (χ0v) is 21.8. The van der Waals surface area contributed by atoms with Gasteiger partial charge in [0, 0.05) is 42.3 Å². The predicted molar refractivity (Wildman–Crippen MR) is 142 cm³/mol. The summed E-state index contributed by atoms with van der Waals surface area (Å²) in [5.41, 5.74) is 1.97. The fraction of sp³-hybridized carbons (Fsp3) is 0.320. The third-order valence-corrected chi connectivity index (χ3v) is 6.92. The summed E-state index contributed by atoms with van der Waals surface area (Å²) in [5, 5.41) is 26.9. The molecule has 1 aromatic heterocycles. The molecule has 0 saturated carbocycles. The Bertz CT molecular complexity index is 1300. The minimum Gasteiger partial charge on any atom is -0.495 e. The number of aliphatic hydroxyl groups excluding tert-OH is 2. The van der Waals surface area contributed by atoms with Crippen LogP contribution in [0.15, 0.2) is 43.1 Å². The lowest BCUT2D eigenvalue weighted by Gasteiger charge is -2.22. The van der Waals surface area contributed by atoms with Crippen molar-refractivity contribution >= 4 is 46.0 Å². The van der Waals surface area contributed by atoms with Crippen molar-refractivity contribution in [2.45, 2.75) is 18.3 Å². The topological polar surface area (TPSA) is 129 Å². The number of rotatable bonds is 9. The summed E-state index contributed by atoms with van der Waals surface area (Å²) >= 11 is 13.1. The summed E-state index contributed by atoms with van der Waals surface area (Å²) in [6, 6.07) is 6.52. The lowest BCUT2D eigenvalue weighted by molar-refractivity contribution is -0.133. The number of amides is 1. The van der Waals surface area contributed by atoms with E-state index < -0.39 is 18.7 Å². The molecule has 4 rings (SSSR count). The fourth-order valence-electron chi connectivity index (χ4n) is 4.27. The van der Waals surface area contributed by atoms with Gasteiger partial charge < -0.3 is 29.9 Å². The Morgan fingerprint density at radius 1 is 1.22 bits per heavy atom. The van der Waals surface area contributed by atoms with Crippen LogP contribution in [-0.2, 0) is 4.79 Å². The fourth-order valence-corrected chi connectivity index (χ4v) is 4.99. The molecule has 1 saturated heterocycles. The molecule has 3 atom stereocenters. The largest absolute Gasteiger partial charge is 0.495 e. The average Bonchev–Trinajstić information content (AvgIpc) is 3.30. The second-order valence-electron chi connectivity index (χ2n) is 8.41. The number of fused-ring (bicyclic) bond motifs is 1. The van der Waals surface area contributed by atoms with E-state index in [0.717, 1.165) is 10.9 Å². The quantitative estimate of drug-likeness (QED) is 0.236. The average molecular weight is 548 g/mol. The van der Waals surface area contributed by atoms with Gasteiger partial charge in [0.15, 0.2) is 0 Å². The first-order valence-corrected chi connectivity index (χ1v) is 12.1. The van der Waals surface area contributed by atoms with Crippen molar-refractivity contribution in [2.75, 3.05) is 39.2 Å². The lowest BCUT2D eigenvalue weighted by atomic mass is 10.0. The van der Waals surface area contributed by atoms with Gasteiger partial charge in [-0.2, -0.15) is 0 Å². The van der Waals surface area contributed by atoms with Crippen LogP contribution in [0.5, 0.6) is 11.5 Å². The van der Waals surface area contributed by atoms with Crippen LogP contribution in [-0.4, -0.2) is 83.2 Å². The Hall–Kier alpha value is -3.15. The van der Waals surface area contributed by atoms with E-state index in [1.54, 1.807) is 12.3 Å². The monoisotopic (exact) mass is 547 g/mol. The van der Waals surface area contributed by atoms with E-state index in [-0.39, 0.29) is 12.1 Å². The number of hydrogen-bond donors (Lipinski definition) is 4. The lowest BCUT2D eigenvalue weighted by Crippen LogP contribution is -2.47. The van der Waals surface area contributed by atoms with E-state index in [4.69, 9.17) is 32.7 Å². The Balaban J connectivity index is 1.62. The number of aromatic nitrogens is 2. The zero-order chi connectivity index (χ0) is 26.7. The van der Waals surface area contributed by atoms with Crippen molar-refractivity contribution in [3.8, 4) is 22.6 Å². The summed E-state index contributed by atoms with van der Waals surface area (Å²) < 4.78 is 10.7. The second-order valence-corrected chi connectivity index (χ2v) is 9.17. The summed E-state index contributed by atoms with van der Waals surface area (Å²) in [6.07, 6.45) is 2.07. The molecule has 196 valence electrons. The van der Waals surface area contributed by atoms with E-state index in [9.17, 15) is 15.0 Å². The number of benzene rings is 2. The van der Waals surface area contributed by atoms with Crippen molar-refractivity contribution in [3.63, 3.8) is 0 Å². The molecule has 0 spiro atoms.